The molecule has 1 aromatic carbocycles. The van der Waals surface area contributed by atoms with Crippen molar-refractivity contribution in [2.75, 3.05) is 5.32 Å². The zero-order chi connectivity index (χ0) is 21.4. The first-order chi connectivity index (χ1) is 14.3. The highest BCUT2D eigenvalue weighted by atomic mass is 32.1. The lowest BCUT2D eigenvalue weighted by Crippen LogP contribution is -2.14. The minimum Gasteiger partial charge on any atom is -0.298 e. The van der Waals surface area contributed by atoms with E-state index in [0.717, 1.165) is 5.69 Å². The van der Waals surface area contributed by atoms with E-state index in [1.165, 1.54) is 17.4 Å². The number of benzene rings is 1. The lowest BCUT2D eigenvalue weighted by Gasteiger charge is -2.12. The minimum absolute atomic E-state index is 0.121. The summed E-state index contributed by atoms with van der Waals surface area (Å²) in [5, 5.41) is 10.1. The van der Waals surface area contributed by atoms with Gasteiger partial charge in [-0.1, -0.05) is 26.0 Å². The number of aromatic nitrogens is 4. The van der Waals surface area contributed by atoms with Crippen molar-refractivity contribution in [1.82, 2.24) is 19.7 Å². The molecule has 0 bridgehead atoms. The third kappa shape index (κ3) is 3.70. The van der Waals surface area contributed by atoms with Gasteiger partial charge in [-0.25, -0.2) is 19.0 Å². The Kier molecular flexibility index (Phi) is 5.34. The van der Waals surface area contributed by atoms with E-state index in [1.807, 2.05) is 32.4 Å². The second-order valence-electron chi connectivity index (χ2n) is 7.64. The first-order valence-electron chi connectivity index (χ1n) is 9.75. The van der Waals surface area contributed by atoms with Crippen LogP contribution >= 0.6 is 11.3 Å². The number of hydrogen-bond donors (Lipinski definition) is 1. The standard InChI is InChI=1S/C22H22FN5OS/c1-12(2)18-9-15(16-10-24-28(13(3)4)20(16)25-18)21(29)27-22-26-19(11-30-22)14-7-5-6-8-17(14)23/h5-13H,1-4H3,(H,26,27,29). The SMILES string of the molecule is CC(C)c1cc(C(=O)Nc2nc(-c3ccccc3F)cs2)c2cnn(C(C)C)c2n1. The topological polar surface area (TPSA) is 72.7 Å². The molecule has 0 spiro atoms. The molecule has 3 heterocycles. The van der Waals surface area contributed by atoms with Gasteiger partial charge >= 0.3 is 0 Å². The fourth-order valence-electron chi connectivity index (χ4n) is 3.19. The molecular formula is C22H22FN5OS. The van der Waals surface area contributed by atoms with E-state index in [2.05, 4.69) is 15.4 Å². The molecule has 0 radical (unpaired) electrons. The number of carbonyl (C=O) groups is 1. The summed E-state index contributed by atoms with van der Waals surface area (Å²) in [5.74, 6) is -0.481. The Morgan fingerprint density at radius 1 is 1.17 bits per heavy atom. The lowest BCUT2D eigenvalue weighted by atomic mass is 10.0. The molecule has 8 heteroatoms. The molecule has 4 rings (SSSR count). The summed E-state index contributed by atoms with van der Waals surface area (Å²) in [5.41, 5.74) is 2.90. The van der Waals surface area contributed by atoms with Gasteiger partial charge in [-0.3, -0.25) is 10.1 Å². The predicted octanol–water partition coefficient (Wildman–Crippen LogP) is 5.65. The van der Waals surface area contributed by atoms with Gasteiger partial charge in [-0.2, -0.15) is 5.10 Å². The summed E-state index contributed by atoms with van der Waals surface area (Å²) in [7, 11) is 0. The van der Waals surface area contributed by atoms with E-state index >= 15 is 0 Å². The highest BCUT2D eigenvalue weighted by molar-refractivity contribution is 7.14. The number of nitrogens with one attached hydrogen (secondary N) is 1. The van der Waals surface area contributed by atoms with Crippen molar-refractivity contribution in [3.05, 3.63) is 59.0 Å². The molecule has 1 N–H and O–H groups in total. The summed E-state index contributed by atoms with van der Waals surface area (Å²) in [6.07, 6.45) is 1.67. The van der Waals surface area contributed by atoms with E-state index < -0.39 is 0 Å². The van der Waals surface area contributed by atoms with Crippen LogP contribution in [0, 0.1) is 5.82 Å². The van der Waals surface area contributed by atoms with Gasteiger partial charge in [0, 0.05) is 22.7 Å². The van der Waals surface area contributed by atoms with Crippen molar-refractivity contribution in [2.45, 2.75) is 39.7 Å². The van der Waals surface area contributed by atoms with Crippen LogP contribution in [-0.2, 0) is 0 Å². The van der Waals surface area contributed by atoms with E-state index in [9.17, 15) is 9.18 Å². The van der Waals surface area contributed by atoms with Crippen molar-refractivity contribution in [1.29, 1.82) is 0 Å². The molecule has 4 aromatic rings. The summed E-state index contributed by atoms with van der Waals surface area (Å²) in [6, 6.07) is 8.36. The van der Waals surface area contributed by atoms with Gasteiger partial charge in [-0.15, -0.1) is 11.3 Å². The maximum Gasteiger partial charge on any atom is 0.258 e. The molecule has 0 fully saturated rings. The number of hydrogen-bond acceptors (Lipinski definition) is 5. The van der Waals surface area contributed by atoms with E-state index in [0.29, 0.717) is 33.0 Å². The number of thiazole rings is 1. The molecule has 1 amide bonds. The second-order valence-corrected chi connectivity index (χ2v) is 8.50. The van der Waals surface area contributed by atoms with Crippen LogP contribution < -0.4 is 5.32 Å². The van der Waals surface area contributed by atoms with Gasteiger partial charge in [0.15, 0.2) is 10.8 Å². The molecule has 0 aliphatic carbocycles. The fourth-order valence-corrected chi connectivity index (χ4v) is 3.89. The molecule has 0 saturated heterocycles. The average Bonchev–Trinajstić information content (AvgIpc) is 3.34. The lowest BCUT2D eigenvalue weighted by molar-refractivity contribution is 0.102. The number of anilines is 1. The van der Waals surface area contributed by atoms with Crippen LogP contribution in [-0.4, -0.2) is 25.7 Å². The third-order valence-electron chi connectivity index (χ3n) is 4.79. The third-order valence-corrected chi connectivity index (χ3v) is 5.54. The number of halogens is 1. The zero-order valence-corrected chi connectivity index (χ0v) is 18.0. The van der Waals surface area contributed by atoms with Crippen LogP contribution in [0.2, 0.25) is 0 Å². The number of fused-ring (bicyclic) bond motifs is 1. The number of pyridine rings is 1. The normalized spacial score (nSPS) is 11.6. The number of rotatable bonds is 5. The van der Waals surface area contributed by atoms with Crippen molar-refractivity contribution >= 4 is 33.4 Å². The van der Waals surface area contributed by atoms with Crippen LogP contribution in [0.15, 0.2) is 41.9 Å². The predicted molar refractivity (Wildman–Crippen MR) is 117 cm³/mol. The quantitative estimate of drug-likeness (QED) is 0.450. The first-order valence-corrected chi connectivity index (χ1v) is 10.6. The summed E-state index contributed by atoms with van der Waals surface area (Å²) in [6.45, 7) is 8.12. The average molecular weight is 424 g/mol. The molecule has 30 heavy (non-hydrogen) atoms. The maximum atomic E-state index is 14.0. The highest BCUT2D eigenvalue weighted by Crippen LogP contribution is 2.29. The summed E-state index contributed by atoms with van der Waals surface area (Å²) < 4.78 is 15.9. The number of amides is 1. The van der Waals surface area contributed by atoms with Gasteiger partial charge in [0.05, 0.1) is 22.8 Å². The van der Waals surface area contributed by atoms with Crippen LogP contribution in [0.1, 0.15) is 55.7 Å². The largest absolute Gasteiger partial charge is 0.298 e. The van der Waals surface area contributed by atoms with Crippen LogP contribution in [0.25, 0.3) is 22.3 Å². The van der Waals surface area contributed by atoms with E-state index in [1.54, 1.807) is 35.8 Å². The molecule has 154 valence electrons. The molecule has 0 unspecified atom stereocenters. The monoisotopic (exact) mass is 423 g/mol. The zero-order valence-electron chi connectivity index (χ0n) is 17.2. The van der Waals surface area contributed by atoms with Crippen LogP contribution in [0.3, 0.4) is 0 Å². The fraction of sp³-hybridized carbons (Fsp3) is 0.273. The van der Waals surface area contributed by atoms with Gasteiger partial charge in [0.25, 0.3) is 5.91 Å². The molecule has 0 saturated carbocycles. The number of carbonyl (C=O) groups excluding carboxylic acids is 1. The van der Waals surface area contributed by atoms with Gasteiger partial charge in [0.1, 0.15) is 5.82 Å². The van der Waals surface area contributed by atoms with Crippen molar-refractivity contribution in [2.24, 2.45) is 0 Å². The van der Waals surface area contributed by atoms with Gasteiger partial charge in [0.2, 0.25) is 0 Å². The Labute approximate surface area is 177 Å². The van der Waals surface area contributed by atoms with Crippen LogP contribution in [0.4, 0.5) is 9.52 Å². The number of nitrogens with zero attached hydrogens (tertiary/aromatic N) is 4. The first kappa shape index (κ1) is 20.2. The second kappa shape index (κ2) is 7.95. The van der Waals surface area contributed by atoms with E-state index in [4.69, 9.17) is 4.98 Å². The molecule has 0 atom stereocenters. The van der Waals surface area contributed by atoms with Crippen molar-refractivity contribution in [3.8, 4) is 11.3 Å². The smallest absolute Gasteiger partial charge is 0.258 e. The molecule has 3 aromatic heterocycles. The summed E-state index contributed by atoms with van der Waals surface area (Å²) in [4.78, 5) is 22.2. The molecule has 0 aliphatic heterocycles. The molecule has 6 nitrogen and oxygen atoms in total. The Bertz CT molecular complexity index is 1230. The Morgan fingerprint density at radius 3 is 2.63 bits per heavy atom. The van der Waals surface area contributed by atoms with E-state index in [-0.39, 0.29) is 23.7 Å². The van der Waals surface area contributed by atoms with Crippen LogP contribution in [0.5, 0.6) is 0 Å². The van der Waals surface area contributed by atoms with Gasteiger partial charge < -0.3 is 0 Å². The molecular weight excluding hydrogens is 401 g/mol. The maximum absolute atomic E-state index is 14.0. The summed E-state index contributed by atoms with van der Waals surface area (Å²) >= 11 is 1.26. The molecule has 0 aliphatic rings. The Balaban J connectivity index is 1.69. The minimum atomic E-state index is -0.348. The Morgan fingerprint density at radius 2 is 1.93 bits per heavy atom. The highest BCUT2D eigenvalue weighted by Gasteiger charge is 2.20. The van der Waals surface area contributed by atoms with Crippen molar-refractivity contribution in [3.63, 3.8) is 0 Å². The van der Waals surface area contributed by atoms with Gasteiger partial charge in [-0.05, 0) is 38.0 Å². The Hall–Kier alpha value is -3.13. The van der Waals surface area contributed by atoms with Crippen molar-refractivity contribution < 1.29 is 9.18 Å².